The Balaban J connectivity index is 1.45. The van der Waals surface area contributed by atoms with Gasteiger partial charge in [0.15, 0.2) is 0 Å². The van der Waals surface area contributed by atoms with Crippen LogP contribution in [0.2, 0.25) is 0 Å². The Morgan fingerprint density at radius 3 is 2.88 bits per heavy atom. The van der Waals surface area contributed by atoms with Gasteiger partial charge in [-0.3, -0.25) is 4.79 Å². The van der Waals surface area contributed by atoms with Crippen LogP contribution in [0.15, 0.2) is 65.4 Å². The molecule has 1 N–H and O–H groups in total. The molecule has 2 atom stereocenters. The van der Waals surface area contributed by atoms with Crippen LogP contribution in [0.5, 0.6) is 0 Å². The fourth-order valence-electron chi connectivity index (χ4n) is 2.90. The highest BCUT2D eigenvalue weighted by molar-refractivity contribution is 6.02. The van der Waals surface area contributed by atoms with Gasteiger partial charge in [-0.05, 0) is 48.7 Å². The summed E-state index contributed by atoms with van der Waals surface area (Å²) in [6.45, 7) is 2.22. The first kappa shape index (κ1) is 15.4. The van der Waals surface area contributed by atoms with E-state index in [0.717, 1.165) is 11.4 Å². The molecule has 2 aromatic heterocycles. The maximum Gasteiger partial charge on any atom is 0.248 e. The molecule has 0 saturated heterocycles. The van der Waals surface area contributed by atoms with Crippen molar-refractivity contribution < 1.29 is 9.21 Å². The van der Waals surface area contributed by atoms with E-state index in [-0.39, 0.29) is 5.91 Å². The number of para-hydroxylation sites is 2. The molecule has 0 bridgehead atoms. The molecule has 1 aliphatic rings. The Hall–Kier alpha value is -3.08. The number of benzene rings is 1. The fourth-order valence-corrected chi connectivity index (χ4v) is 2.90. The van der Waals surface area contributed by atoms with Crippen molar-refractivity contribution in [2.45, 2.75) is 19.3 Å². The maximum absolute atomic E-state index is 12.2. The molecule has 126 valence electrons. The standard InChI is InChI=1S/C20H19N3O2/c1-14-13-16(14)19-9-7-15(25-19)8-10-20(24)22-17-5-2-3-6-18(17)23-12-4-11-21-23/h2-12,14,16H,13H2,1H3,(H,22,24). The largest absolute Gasteiger partial charge is 0.461 e. The van der Waals surface area contributed by atoms with Crippen molar-refractivity contribution in [3.63, 3.8) is 0 Å². The molecule has 2 unspecified atom stereocenters. The number of nitrogens with zero attached hydrogens (tertiary/aromatic N) is 2. The minimum Gasteiger partial charge on any atom is -0.461 e. The van der Waals surface area contributed by atoms with Crippen LogP contribution < -0.4 is 5.32 Å². The highest BCUT2D eigenvalue weighted by Crippen LogP contribution is 2.47. The summed E-state index contributed by atoms with van der Waals surface area (Å²) in [4.78, 5) is 12.2. The van der Waals surface area contributed by atoms with Gasteiger partial charge in [-0.15, -0.1) is 0 Å². The summed E-state index contributed by atoms with van der Waals surface area (Å²) >= 11 is 0. The van der Waals surface area contributed by atoms with Gasteiger partial charge in [0.1, 0.15) is 11.5 Å². The summed E-state index contributed by atoms with van der Waals surface area (Å²) < 4.78 is 7.50. The van der Waals surface area contributed by atoms with Crippen LogP contribution in [0.4, 0.5) is 5.69 Å². The van der Waals surface area contributed by atoms with Crippen LogP contribution in [0.3, 0.4) is 0 Å². The zero-order valence-electron chi connectivity index (χ0n) is 13.9. The Bertz CT molecular complexity index is 909. The van der Waals surface area contributed by atoms with Gasteiger partial charge in [-0.1, -0.05) is 19.1 Å². The van der Waals surface area contributed by atoms with Crippen molar-refractivity contribution in [3.05, 3.63) is 72.5 Å². The highest BCUT2D eigenvalue weighted by atomic mass is 16.3. The summed E-state index contributed by atoms with van der Waals surface area (Å²) in [6.07, 6.45) is 7.90. The molecule has 5 nitrogen and oxygen atoms in total. The van der Waals surface area contributed by atoms with Gasteiger partial charge in [-0.25, -0.2) is 4.68 Å². The summed E-state index contributed by atoms with van der Waals surface area (Å²) in [7, 11) is 0. The Labute approximate surface area is 146 Å². The normalized spacial score (nSPS) is 19.2. The fraction of sp³-hybridized carbons (Fsp3) is 0.200. The second kappa shape index (κ2) is 6.43. The molecular weight excluding hydrogens is 314 g/mol. The summed E-state index contributed by atoms with van der Waals surface area (Å²) in [6, 6.07) is 13.3. The molecule has 4 rings (SSSR count). The molecule has 5 heteroatoms. The van der Waals surface area contributed by atoms with Crippen LogP contribution in [0.1, 0.15) is 30.8 Å². The first-order chi connectivity index (χ1) is 12.2. The van der Waals surface area contributed by atoms with Crippen LogP contribution in [-0.2, 0) is 4.79 Å². The molecule has 25 heavy (non-hydrogen) atoms. The first-order valence-electron chi connectivity index (χ1n) is 8.38. The predicted molar refractivity (Wildman–Crippen MR) is 96.5 cm³/mol. The van der Waals surface area contributed by atoms with Gasteiger partial charge in [0.25, 0.3) is 0 Å². The number of carbonyl (C=O) groups excluding carboxylic acids is 1. The average Bonchev–Trinajstić information content (AvgIpc) is 3.05. The van der Waals surface area contributed by atoms with E-state index in [1.807, 2.05) is 48.7 Å². The average molecular weight is 333 g/mol. The summed E-state index contributed by atoms with van der Waals surface area (Å²) in [5.41, 5.74) is 1.52. The summed E-state index contributed by atoms with van der Waals surface area (Å²) in [5.74, 6) is 2.74. The van der Waals surface area contributed by atoms with Gasteiger partial charge < -0.3 is 9.73 Å². The van der Waals surface area contributed by atoms with E-state index in [4.69, 9.17) is 4.42 Å². The molecule has 1 saturated carbocycles. The lowest BCUT2D eigenvalue weighted by molar-refractivity contribution is -0.111. The molecule has 0 aliphatic heterocycles. The van der Waals surface area contributed by atoms with E-state index < -0.39 is 0 Å². The number of aromatic nitrogens is 2. The van der Waals surface area contributed by atoms with E-state index in [1.165, 1.54) is 12.5 Å². The summed E-state index contributed by atoms with van der Waals surface area (Å²) in [5, 5.41) is 7.10. The third-order valence-corrected chi connectivity index (χ3v) is 4.43. The van der Waals surface area contributed by atoms with Crippen molar-refractivity contribution in [1.82, 2.24) is 9.78 Å². The Morgan fingerprint density at radius 2 is 2.12 bits per heavy atom. The van der Waals surface area contributed by atoms with Crippen LogP contribution in [0.25, 0.3) is 11.8 Å². The lowest BCUT2D eigenvalue weighted by Crippen LogP contribution is -2.10. The minimum atomic E-state index is -0.211. The third-order valence-electron chi connectivity index (χ3n) is 4.43. The highest BCUT2D eigenvalue weighted by Gasteiger charge is 2.36. The van der Waals surface area contributed by atoms with Crippen molar-refractivity contribution in [2.75, 3.05) is 5.32 Å². The van der Waals surface area contributed by atoms with Crippen molar-refractivity contribution >= 4 is 17.7 Å². The smallest absolute Gasteiger partial charge is 0.248 e. The number of carbonyl (C=O) groups is 1. The SMILES string of the molecule is CC1CC1c1ccc(C=CC(=O)Nc2ccccc2-n2cccn2)o1. The molecule has 1 amide bonds. The molecule has 1 aliphatic carbocycles. The first-order valence-corrected chi connectivity index (χ1v) is 8.38. The lowest BCUT2D eigenvalue weighted by atomic mass is 10.2. The molecular formula is C20H19N3O2. The number of anilines is 1. The predicted octanol–water partition coefficient (Wildman–Crippen LogP) is 4.24. The van der Waals surface area contributed by atoms with Crippen LogP contribution in [-0.4, -0.2) is 15.7 Å². The van der Waals surface area contributed by atoms with Crippen molar-refractivity contribution in [1.29, 1.82) is 0 Å². The van der Waals surface area contributed by atoms with Gasteiger partial charge in [-0.2, -0.15) is 5.10 Å². The van der Waals surface area contributed by atoms with E-state index in [2.05, 4.69) is 17.3 Å². The number of rotatable bonds is 5. The quantitative estimate of drug-likeness (QED) is 0.710. The van der Waals surface area contributed by atoms with Crippen molar-refractivity contribution in [2.24, 2.45) is 5.92 Å². The van der Waals surface area contributed by atoms with Crippen LogP contribution >= 0.6 is 0 Å². The van der Waals surface area contributed by atoms with Gasteiger partial charge in [0.2, 0.25) is 5.91 Å². The number of amides is 1. The number of furan rings is 1. The number of hydrogen-bond donors (Lipinski definition) is 1. The second-order valence-electron chi connectivity index (χ2n) is 6.35. The zero-order chi connectivity index (χ0) is 17.2. The Morgan fingerprint density at radius 1 is 1.28 bits per heavy atom. The van der Waals surface area contributed by atoms with E-state index in [0.29, 0.717) is 23.3 Å². The molecule has 3 aromatic rings. The van der Waals surface area contributed by atoms with E-state index in [9.17, 15) is 4.79 Å². The second-order valence-corrected chi connectivity index (χ2v) is 6.35. The molecule has 2 heterocycles. The molecule has 1 aromatic carbocycles. The third kappa shape index (κ3) is 3.40. The number of hydrogen-bond acceptors (Lipinski definition) is 3. The van der Waals surface area contributed by atoms with Crippen LogP contribution in [0, 0.1) is 5.92 Å². The van der Waals surface area contributed by atoms with E-state index >= 15 is 0 Å². The molecule has 0 radical (unpaired) electrons. The topological polar surface area (TPSA) is 60.1 Å². The minimum absolute atomic E-state index is 0.211. The monoisotopic (exact) mass is 333 g/mol. The zero-order valence-corrected chi connectivity index (χ0v) is 13.9. The lowest BCUT2D eigenvalue weighted by Gasteiger charge is -2.09. The van der Waals surface area contributed by atoms with Gasteiger partial charge in [0, 0.05) is 24.4 Å². The van der Waals surface area contributed by atoms with E-state index in [1.54, 1.807) is 17.0 Å². The van der Waals surface area contributed by atoms with Gasteiger partial charge >= 0.3 is 0 Å². The maximum atomic E-state index is 12.2. The van der Waals surface area contributed by atoms with Gasteiger partial charge in [0.05, 0.1) is 11.4 Å². The molecule has 1 fully saturated rings. The molecule has 0 spiro atoms. The Kier molecular flexibility index (Phi) is 3.98. The van der Waals surface area contributed by atoms with Crippen molar-refractivity contribution in [3.8, 4) is 5.69 Å². The number of nitrogens with one attached hydrogen (secondary N) is 1.